The van der Waals surface area contributed by atoms with Gasteiger partial charge in [-0.1, -0.05) is 0 Å². The highest BCUT2D eigenvalue weighted by molar-refractivity contribution is 5.96. The molecular formula is C18H19F2N3O4. The number of hydrogen-bond acceptors (Lipinski definition) is 5. The molecule has 4 N–H and O–H groups in total. The molecule has 9 heteroatoms. The summed E-state index contributed by atoms with van der Waals surface area (Å²) in [5, 5.41) is 5.42. The molecule has 27 heavy (non-hydrogen) atoms. The quantitative estimate of drug-likeness (QED) is 0.653. The van der Waals surface area contributed by atoms with Crippen LogP contribution in [-0.2, 0) is 9.59 Å². The third-order valence-electron chi connectivity index (χ3n) is 3.50. The molecular weight excluding hydrogens is 360 g/mol. The summed E-state index contributed by atoms with van der Waals surface area (Å²) in [6.45, 7) is 1.26. The minimum absolute atomic E-state index is 0.132. The number of ether oxygens (including phenoxy) is 2. The van der Waals surface area contributed by atoms with Crippen LogP contribution in [0.5, 0.6) is 11.5 Å². The second-order valence-electron chi connectivity index (χ2n) is 5.60. The number of methoxy groups -OCH3 is 1. The van der Waals surface area contributed by atoms with Gasteiger partial charge in [0.25, 0.3) is 5.91 Å². The molecule has 0 radical (unpaired) electrons. The summed E-state index contributed by atoms with van der Waals surface area (Å²) in [7, 11) is 1.44. The first-order chi connectivity index (χ1) is 12.8. The third kappa shape index (κ3) is 5.56. The lowest BCUT2D eigenvalue weighted by Crippen LogP contribution is -2.31. The molecule has 7 nitrogen and oxygen atoms in total. The summed E-state index contributed by atoms with van der Waals surface area (Å²) in [4.78, 5) is 23.1. The van der Waals surface area contributed by atoms with E-state index in [1.807, 2.05) is 0 Å². The second-order valence-corrected chi connectivity index (χ2v) is 5.60. The van der Waals surface area contributed by atoms with Crippen LogP contribution < -0.4 is 25.8 Å². The number of anilines is 2. The number of halogens is 2. The second kappa shape index (κ2) is 8.84. The lowest BCUT2D eigenvalue weighted by molar-refractivity contribution is -0.120. The Morgan fingerprint density at radius 2 is 1.78 bits per heavy atom. The van der Waals surface area contributed by atoms with Gasteiger partial charge in [-0.15, -0.1) is 0 Å². The standard InChI is InChI=1S/C18H19F2N3O4/c1-10(18(25)23-11-3-5-13(19)14(20)7-11)22-12-4-6-15(26-2)16(8-12)27-9-17(21)24/h3-8,10,22H,9H2,1-2H3,(H2,21,24)(H,23,25). The summed E-state index contributed by atoms with van der Waals surface area (Å²) in [5.41, 5.74) is 5.71. The number of carbonyl (C=O) groups is 2. The highest BCUT2D eigenvalue weighted by atomic mass is 19.2. The van der Waals surface area contributed by atoms with Crippen molar-refractivity contribution in [1.29, 1.82) is 0 Å². The topological polar surface area (TPSA) is 103 Å². The average Bonchev–Trinajstić information content (AvgIpc) is 2.63. The van der Waals surface area contributed by atoms with E-state index < -0.39 is 29.5 Å². The Bertz CT molecular complexity index is 845. The van der Waals surface area contributed by atoms with Gasteiger partial charge in [-0.05, 0) is 31.2 Å². The van der Waals surface area contributed by atoms with Gasteiger partial charge in [0.1, 0.15) is 6.04 Å². The number of rotatable bonds is 8. The van der Waals surface area contributed by atoms with E-state index in [9.17, 15) is 18.4 Å². The number of nitrogens with one attached hydrogen (secondary N) is 2. The van der Waals surface area contributed by atoms with Gasteiger partial charge in [0.05, 0.1) is 7.11 Å². The Hall–Kier alpha value is -3.36. The Balaban J connectivity index is 2.05. The van der Waals surface area contributed by atoms with Crippen LogP contribution in [-0.4, -0.2) is 31.6 Å². The zero-order valence-electron chi connectivity index (χ0n) is 14.7. The molecule has 0 aliphatic rings. The molecule has 0 saturated heterocycles. The minimum Gasteiger partial charge on any atom is -0.493 e. The van der Waals surface area contributed by atoms with E-state index in [0.29, 0.717) is 11.4 Å². The number of primary amides is 1. The van der Waals surface area contributed by atoms with E-state index in [-0.39, 0.29) is 18.0 Å². The molecule has 0 aromatic heterocycles. The monoisotopic (exact) mass is 379 g/mol. The zero-order chi connectivity index (χ0) is 20.0. The van der Waals surface area contributed by atoms with Crippen molar-refractivity contribution in [3.63, 3.8) is 0 Å². The molecule has 2 aromatic rings. The van der Waals surface area contributed by atoms with Crippen molar-refractivity contribution in [3.05, 3.63) is 48.0 Å². The van der Waals surface area contributed by atoms with Crippen LogP contribution in [0.2, 0.25) is 0 Å². The number of amides is 2. The van der Waals surface area contributed by atoms with Crippen molar-refractivity contribution in [2.24, 2.45) is 5.73 Å². The lowest BCUT2D eigenvalue weighted by atomic mass is 10.2. The van der Waals surface area contributed by atoms with Crippen LogP contribution in [0.3, 0.4) is 0 Å². The summed E-state index contributed by atoms with van der Waals surface area (Å²) < 4.78 is 36.6. The van der Waals surface area contributed by atoms with E-state index in [4.69, 9.17) is 15.2 Å². The summed E-state index contributed by atoms with van der Waals surface area (Å²) in [6.07, 6.45) is 0. The Morgan fingerprint density at radius 3 is 2.41 bits per heavy atom. The zero-order valence-corrected chi connectivity index (χ0v) is 14.7. The average molecular weight is 379 g/mol. The van der Waals surface area contributed by atoms with Gasteiger partial charge in [-0.2, -0.15) is 0 Å². The van der Waals surface area contributed by atoms with Gasteiger partial charge >= 0.3 is 0 Å². The fraction of sp³-hybridized carbons (Fsp3) is 0.222. The molecule has 0 bridgehead atoms. The first-order valence-electron chi connectivity index (χ1n) is 7.91. The largest absolute Gasteiger partial charge is 0.493 e. The molecule has 144 valence electrons. The van der Waals surface area contributed by atoms with Crippen LogP contribution >= 0.6 is 0 Å². The molecule has 0 fully saturated rings. The van der Waals surface area contributed by atoms with Crippen LogP contribution in [0.4, 0.5) is 20.2 Å². The van der Waals surface area contributed by atoms with Gasteiger partial charge in [-0.3, -0.25) is 9.59 Å². The van der Waals surface area contributed by atoms with E-state index in [2.05, 4.69) is 10.6 Å². The maximum absolute atomic E-state index is 13.2. The Kier molecular flexibility index (Phi) is 6.53. The summed E-state index contributed by atoms with van der Waals surface area (Å²) in [6, 6.07) is 7.15. The van der Waals surface area contributed by atoms with Crippen molar-refractivity contribution in [2.75, 3.05) is 24.4 Å². The fourth-order valence-electron chi connectivity index (χ4n) is 2.17. The van der Waals surface area contributed by atoms with Crippen LogP contribution in [0, 0.1) is 11.6 Å². The van der Waals surface area contributed by atoms with E-state index >= 15 is 0 Å². The fourth-order valence-corrected chi connectivity index (χ4v) is 2.17. The highest BCUT2D eigenvalue weighted by Gasteiger charge is 2.15. The molecule has 0 spiro atoms. The SMILES string of the molecule is COc1ccc(NC(C)C(=O)Nc2ccc(F)c(F)c2)cc1OCC(N)=O. The summed E-state index contributed by atoms with van der Waals surface area (Å²) >= 11 is 0. The molecule has 0 heterocycles. The maximum Gasteiger partial charge on any atom is 0.255 e. The van der Waals surface area contributed by atoms with E-state index in [0.717, 1.165) is 12.1 Å². The molecule has 0 saturated carbocycles. The molecule has 1 atom stereocenters. The number of hydrogen-bond donors (Lipinski definition) is 3. The highest BCUT2D eigenvalue weighted by Crippen LogP contribution is 2.30. The summed E-state index contributed by atoms with van der Waals surface area (Å²) in [5.74, 6) is -2.50. The van der Waals surface area contributed by atoms with Gasteiger partial charge in [0.15, 0.2) is 29.7 Å². The van der Waals surface area contributed by atoms with Crippen molar-refractivity contribution in [3.8, 4) is 11.5 Å². The van der Waals surface area contributed by atoms with Gasteiger partial charge in [0, 0.05) is 23.5 Å². The number of benzene rings is 2. The van der Waals surface area contributed by atoms with Crippen LogP contribution in [0.15, 0.2) is 36.4 Å². The number of nitrogens with two attached hydrogens (primary N) is 1. The Labute approximate surface area is 154 Å². The molecule has 2 aromatic carbocycles. The smallest absolute Gasteiger partial charge is 0.255 e. The Morgan fingerprint density at radius 1 is 1.07 bits per heavy atom. The molecule has 2 amide bonds. The van der Waals surface area contributed by atoms with E-state index in [1.54, 1.807) is 25.1 Å². The van der Waals surface area contributed by atoms with Crippen molar-refractivity contribution in [1.82, 2.24) is 0 Å². The first kappa shape index (κ1) is 20.0. The molecule has 0 aliphatic heterocycles. The maximum atomic E-state index is 13.2. The van der Waals surface area contributed by atoms with Crippen molar-refractivity contribution < 1.29 is 27.8 Å². The molecule has 0 aliphatic carbocycles. The third-order valence-corrected chi connectivity index (χ3v) is 3.50. The lowest BCUT2D eigenvalue weighted by Gasteiger charge is -2.17. The van der Waals surface area contributed by atoms with Gasteiger partial charge in [-0.25, -0.2) is 8.78 Å². The van der Waals surface area contributed by atoms with Crippen LogP contribution in [0.1, 0.15) is 6.92 Å². The normalized spacial score (nSPS) is 11.4. The first-order valence-corrected chi connectivity index (χ1v) is 7.91. The van der Waals surface area contributed by atoms with E-state index in [1.165, 1.54) is 13.2 Å². The predicted molar refractivity (Wildman–Crippen MR) is 95.8 cm³/mol. The van der Waals surface area contributed by atoms with Crippen molar-refractivity contribution in [2.45, 2.75) is 13.0 Å². The van der Waals surface area contributed by atoms with Gasteiger partial charge < -0.3 is 25.8 Å². The predicted octanol–water partition coefficient (Wildman–Crippen LogP) is 2.28. The van der Waals surface area contributed by atoms with Crippen molar-refractivity contribution >= 4 is 23.2 Å². The molecule has 2 rings (SSSR count). The van der Waals surface area contributed by atoms with Crippen LogP contribution in [0.25, 0.3) is 0 Å². The minimum atomic E-state index is -1.06. The number of carbonyl (C=O) groups excluding carboxylic acids is 2. The molecule has 1 unspecified atom stereocenters. The van der Waals surface area contributed by atoms with Gasteiger partial charge in [0.2, 0.25) is 5.91 Å².